The highest BCUT2D eigenvalue weighted by Gasteiger charge is 2.30. The number of pyridine rings is 1. The van der Waals surface area contributed by atoms with Gasteiger partial charge in [-0.05, 0) is 30.2 Å². The molecule has 4 aromatic rings. The Morgan fingerprint density at radius 3 is 2.28 bits per heavy atom. The monoisotopic (exact) mass is 556 g/mol. The zero-order chi connectivity index (χ0) is 27.9. The number of nitrogens with zero attached hydrogens (tertiary/aromatic N) is 3. The summed E-state index contributed by atoms with van der Waals surface area (Å²) >= 11 is 0. The number of hydrogen-bond acceptors (Lipinski definition) is 7. The molecule has 202 valence electrons. The van der Waals surface area contributed by atoms with E-state index in [-0.39, 0.29) is 30.8 Å². The van der Waals surface area contributed by atoms with Crippen LogP contribution in [-0.4, -0.2) is 36.6 Å². The first-order valence-electron chi connectivity index (χ1n) is 11.6. The van der Waals surface area contributed by atoms with Crippen molar-refractivity contribution in [3.63, 3.8) is 0 Å². The second-order valence-corrected chi connectivity index (χ2v) is 9.78. The molecule has 0 fully saturated rings. The number of halogens is 3. The molecule has 1 N–H and O–H groups in total. The van der Waals surface area contributed by atoms with Gasteiger partial charge in [0.1, 0.15) is 19.5 Å². The summed E-state index contributed by atoms with van der Waals surface area (Å²) in [6, 6.07) is 18.2. The molecule has 0 spiro atoms. The average Bonchev–Trinajstić information content (AvgIpc) is 2.91. The maximum absolute atomic E-state index is 12.8. The average molecular weight is 557 g/mol. The first-order chi connectivity index (χ1) is 18.6. The Labute approximate surface area is 223 Å². The van der Waals surface area contributed by atoms with Crippen molar-refractivity contribution < 1.29 is 31.1 Å². The summed E-state index contributed by atoms with van der Waals surface area (Å²) in [5, 5.41) is 1.04. The molecule has 39 heavy (non-hydrogen) atoms. The number of aryl methyl sites for hydroxylation is 1. The van der Waals surface area contributed by atoms with Crippen molar-refractivity contribution >= 4 is 21.9 Å². The first kappa shape index (κ1) is 27.6. The Morgan fingerprint density at radius 2 is 1.62 bits per heavy atom. The fourth-order valence-corrected chi connectivity index (χ4v) is 4.18. The van der Waals surface area contributed by atoms with Crippen molar-refractivity contribution in [2.45, 2.75) is 13.1 Å². The van der Waals surface area contributed by atoms with E-state index in [2.05, 4.69) is 19.7 Å². The zero-order valence-electron chi connectivity index (χ0n) is 20.6. The summed E-state index contributed by atoms with van der Waals surface area (Å²) in [7, 11) is -3.95. The number of anilines is 1. The standard InChI is InChI=1S/C27H23F3N4O4S/c1-19-7-9-21(10-8-19)24-25(34-39(35,36)16-13-20-5-3-2-4-6-20)32-18-33-26(24)38-15-14-37-23-12-11-22(17-31-23)27(28,29)30/h2-13,16-18H,14-15H2,1H3,(H,32,33,34)/b16-13+. The molecule has 0 aliphatic heterocycles. The largest absolute Gasteiger partial charge is 0.474 e. The van der Waals surface area contributed by atoms with E-state index in [0.29, 0.717) is 22.9 Å². The van der Waals surface area contributed by atoms with Gasteiger partial charge in [0.15, 0.2) is 5.82 Å². The third-order valence-electron chi connectivity index (χ3n) is 5.27. The highest BCUT2D eigenvalue weighted by Crippen LogP contribution is 2.35. The number of hydrogen-bond donors (Lipinski definition) is 1. The van der Waals surface area contributed by atoms with Gasteiger partial charge in [-0.25, -0.2) is 23.4 Å². The van der Waals surface area contributed by atoms with Crippen LogP contribution in [0.1, 0.15) is 16.7 Å². The fourth-order valence-electron chi connectivity index (χ4n) is 3.36. The number of nitrogens with one attached hydrogen (secondary N) is 1. The van der Waals surface area contributed by atoms with Crippen LogP contribution in [0.5, 0.6) is 11.8 Å². The third-order valence-corrected chi connectivity index (χ3v) is 6.24. The molecule has 0 bridgehead atoms. The lowest BCUT2D eigenvalue weighted by Crippen LogP contribution is -2.14. The van der Waals surface area contributed by atoms with Crippen molar-refractivity contribution in [1.29, 1.82) is 0 Å². The van der Waals surface area contributed by atoms with E-state index < -0.39 is 21.8 Å². The fraction of sp³-hybridized carbons (Fsp3) is 0.148. The van der Waals surface area contributed by atoms with Gasteiger partial charge < -0.3 is 9.47 Å². The predicted octanol–water partition coefficient (Wildman–Crippen LogP) is 5.74. The molecule has 0 aliphatic rings. The highest BCUT2D eigenvalue weighted by molar-refractivity contribution is 7.95. The van der Waals surface area contributed by atoms with E-state index in [0.717, 1.165) is 29.4 Å². The quantitative estimate of drug-likeness (QED) is 0.249. The number of sulfonamides is 1. The molecule has 4 rings (SSSR count). The minimum Gasteiger partial charge on any atom is -0.474 e. The van der Waals surface area contributed by atoms with Crippen molar-refractivity contribution in [1.82, 2.24) is 15.0 Å². The third kappa shape index (κ3) is 7.77. The number of rotatable bonds is 10. The van der Waals surface area contributed by atoms with Crippen molar-refractivity contribution in [3.05, 3.63) is 101 Å². The molecule has 8 nitrogen and oxygen atoms in total. The van der Waals surface area contributed by atoms with Gasteiger partial charge >= 0.3 is 6.18 Å². The smallest absolute Gasteiger partial charge is 0.417 e. The topological polar surface area (TPSA) is 103 Å². The number of alkyl halides is 3. The second-order valence-electron chi connectivity index (χ2n) is 8.21. The minimum atomic E-state index is -4.50. The summed E-state index contributed by atoms with van der Waals surface area (Å²) in [5.74, 6) is 0.0844. The van der Waals surface area contributed by atoms with Crippen molar-refractivity contribution in [2.75, 3.05) is 17.9 Å². The van der Waals surface area contributed by atoms with Gasteiger partial charge in [-0.1, -0.05) is 60.2 Å². The molecule has 2 heterocycles. The van der Waals surface area contributed by atoms with Crippen LogP contribution in [0.15, 0.2) is 84.7 Å². The molecular formula is C27H23F3N4O4S. The maximum Gasteiger partial charge on any atom is 0.417 e. The Morgan fingerprint density at radius 1 is 0.897 bits per heavy atom. The maximum atomic E-state index is 12.8. The molecule has 0 unspecified atom stereocenters. The number of ether oxygens (including phenoxy) is 2. The van der Waals surface area contributed by atoms with E-state index >= 15 is 0 Å². The lowest BCUT2D eigenvalue weighted by molar-refractivity contribution is -0.137. The van der Waals surface area contributed by atoms with Crippen LogP contribution >= 0.6 is 0 Å². The van der Waals surface area contributed by atoms with Crippen molar-refractivity contribution in [2.24, 2.45) is 0 Å². The van der Waals surface area contributed by atoms with Gasteiger partial charge in [-0.15, -0.1) is 0 Å². The Balaban J connectivity index is 1.52. The van der Waals surface area contributed by atoms with E-state index in [9.17, 15) is 21.6 Å². The van der Waals surface area contributed by atoms with Gasteiger partial charge in [0.25, 0.3) is 10.0 Å². The molecule has 0 radical (unpaired) electrons. The van der Waals surface area contributed by atoms with Gasteiger partial charge in [0.2, 0.25) is 11.8 Å². The summed E-state index contributed by atoms with van der Waals surface area (Å²) in [6.45, 7) is 1.79. The lowest BCUT2D eigenvalue weighted by atomic mass is 10.1. The van der Waals surface area contributed by atoms with Gasteiger partial charge in [0, 0.05) is 12.3 Å². The molecule has 0 saturated carbocycles. The summed E-state index contributed by atoms with van der Waals surface area (Å²) < 4.78 is 77.4. The van der Waals surface area contributed by atoms with Crippen LogP contribution in [0.3, 0.4) is 0 Å². The van der Waals surface area contributed by atoms with Crippen LogP contribution in [0.2, 0.25) is 0 Å². The Hall–Kier alpha value is -4.45. The normalized spacial score (nSPS) is 11.9. The highest BCUT2D eigenvalue weighted by atomic mass is 32.2. The Bertz CT molecular complexity index is 1530. The van der Waals surface area contributed by atoms with Gasteiger partial charge in [-0.3, -0.25) is 4.72 Å². The summed E-state index contributed by atoms with van der Waals surface area (Å²) in [4.78, 5) is 11.9. The van der Waals surface area contributed by atoms with Gasteiger partial charge in [-0.2, -0.15) is 13.2 Å². The predicted molar refractivity (Wildman–Crippen MR) is 140 cm³/mol. The Kier molecular flexibility index (Phi) is 8.45. The first-order valence-corrected chi connectivity index (χ1v) is 13.1. The minimum absolute atomic E-state index is 0.00638. The molecule has 0 aliphatic carbocycles. The molecule has 0 atom stereocenters. The summed E-state index contributed by atoms with van der Waals surface area (Å²) in [5.41, 5.74) is 1.72. The van der Waals surface area contributed by atoms with Crippen LogP contribution < -0.4 is 14.2 Å². The molecule has 2 aromatic heterocycles. The SMILES string of the molecule is Cc1ccc(-c2c(NS(=O)(=O)/C=C/c3ccccc3)ncnc2OCCOc2ccc(C(F)(F)F)cn2)cc1. The summed E-state index contributed by atoms with van der Waals surface area (Å²) in [6.07, 6.45) is -1.20. The molecular weight excluding hydrogens is 533 g/mol. The van der Waals surface area contributed by atoms with E-state index in [1.807, 2.05) is 25.1 Å². The number of aromatic nitrogens is 3. The zero-order valence-corrected chi connectivity index (χ0v) is 21.4. The van der Waals surface area contributed by atoms with E-state index in [1.165, 1.54) is 6.08 Å². The molecule has 2 aromatic carbocycles. The second kappa shape index (κ2) is 11.9. The van der Waals surface area contributed by atoms with E-state index in [1.54, 1.807) is 36.4 Å². The van der Waals surface area contributed by atoms with Crippen LogP contribution in [0.4, 0.5) is 19.0 Å². The van der Waals surface area contributed by atoms with Crippen LogP contribution in [-0.2, 0) is 16.2 Å². The van der Waals surface area contributed by atoms with Crippen LogP contribution in [0, 0.1) is 6.92 Å². The van der Waals surface area contributed by atoms with E-state index in [4.69, 9.17) is 9.47 Å². The molecule has 12 heteroatoms. The molecule has 0 amide bonds. The van der Waals surface area contributed by atoms with Crippen molar-refractivity contribution in [3.8, 4) is 22.9 Å². The lowest BCUT2D eigenvalue weighted by Gasteiger charge is -2.15. The number of benzene rings is 2. The van der Waals surface area contributed by atoms with Crippen LogP contribution in [0.25, 0.3) is 17.2 Å². The van der Waals surface area contributed by atoms with Gasteiger partial charge in [0.05, 0.1) is 16.5 Å². The molecule has 0 saturated heterocycles.